The maximum atomic E-state index is 12.4. The van der Waals surface area contributed by atoms with Gasteiger partial charge in [-0.05, 0) is 45.0 Å². The summed E-state index contributed by atoms with van der Waals surface area (Å²) < 4.78 is 1.93. The number of hydrogen-bond donors (Lipinski definition) is 1. The van der Waals surface area contributed by atoms with Crippen LogP contribution in [-0.4, -0.2) is 15.3 Å². The third kappa shape index (κ3) is 2.52. The van der Waals surface area contributed by atoms with Crippen LogP contribution in [0.1, 0.15) is 27.3 Å². The van der Waals surface area contributed by atoms with Crippen LogP contribution in [0.2, 0.25) is 0 Å². The number of carbonyl (C=O) groups excluding carboxylic acids is 1. The van der Waals surface area contributed by atoms with E-state index in [4.69, 9.17) is 0 Å². The molecule has 0 unspecified atom stereocenters. The SMILES string of the molecule is Cc1ccc(NC(=O)c2ccn3c(C)cc(C)nc23)cc1. The molecule has 1 N–H and O–H groups in total. The summed E-state index contributed by atoms with van der Waals surface area (Å²) in [6, 6.07) is 11.5. The third-order valence-corrected chi connectivity index (χ3v) is 3.49. The van der Waals surface area contributed by atoms with Crippen molar-refractivity contribution in [2.45, 2.75) is 20.8 Å². The summed E-state index contributed by atoms with van der Waals surface area (Å²) in [5.41, 5.74) is 5.19. The number of nitrogens with one attached hydrogen (secondary N) is 1. The highest BCUT2D eigenvalue weighted by Crippen LogP contribution is 2.16. The number of fused-ring (bicyclic) bond motifs is 1. The van der Waals surface area contributed by atoms with E-state index in [1.165, 1.54) is 0 Å². The van der Waals surface area contributed by atoms with E-state index < -0.39 is 0 Å². The van der Waals surface area contributed by atoms with Crippen molar-refractivity contribution in [3.8, 4) is 0 Å². The topological polar surface area (TPSA) is 46.4 Å². The van der Waals surface area contributed by atoms with Gasteiger partial charge < -0.3 is 9.72 Å². The predicted molar refractivity (Wildman–Crippen MR) is 83.8 cm³/mol. The Balaban J connectivity index is 1.96. The maximum absolute atomic E-state index is 12.4. The van der Waals surface area contributed by atoms with E-state index in [0.29, 0.717) is 11.2 Å². The van der Waals surface area contributed by atoms with Crippen molar-refractivity contribution >= 4 is 17.2 Å². The predicted octanol–water partition coefficient (Wildman–Crippen LogP) is 3.51. The molecular formula is C17H17N3O. The lowest BCUT2D eigenvalue weighted by Crippen LogP contribution is -2.12. The number of amides is 1. The first-order valence-corrected chi connectivity index (χ1v) is 6.88. The van der Waals surface area contributed by atoms with Crippen LogP contribution in [0, 0.1) is 20.8 Å². The van der Waals surface area contributed by atoms with E-state index in [2.05, 4.69) is 10.3 Å². The first-order chi connectivity index (χ1) is 10.0. The average Bonchev–Trinajstić information content (AvgIpc) is 2.85. The van der Waals surface area contributed by atoms with Gasteiger partial charge in [-0.25, -0.2) is 4.98 Å². The molecule has 0 radical (unpaired) electrons. The molecule has 0 bridgehead atoms. The van der Waals surface area contributed by atoms with Gasteiger partial charge in [-0.1, -0.05) is 17.7 Å². The van der Waals surface area contributed by atoms with Crippen LogP contribution >= 0.6 is 0 Å². The highest BCUT2D eigenvalue weighted by atomic mass is 16.1. The number of aryl methyl sites for hydroxylation is 3. The van der Waals surface area contributed by atoms with E-state index in [0.717, 1.165) is 22.6 Å². The fraction of sp³-hybridized carbons (Fsp3) is 0.176. The highest BCUT2D eigenvalue weighted by molar-refractivity contribution is 6.08. The summed E-state index contributed by atoms with van der Waals surface area (Å²) in [5, 5.41) is 2.91. The Morgan fingerprint density at radius 1 is 1.10 bits per heavy atom. The van der Waals surface area contributed by atoms with E-state index in [1.807, 2.05) is 61.7 Å². The molecule has 0 atom stereocenters. The minimum atomic E-state index is -0.140. The number of nitrogens with zero attached hydrogens (tertiary/aromatic N) is 2. The molecule has 2 heterocycles. The smallest absolute Gasteiger partial charge is 0.259 e. The van der Waals surface area contributed by atoms with E-state index in [9.17, 15) is 4.79 Å². The van der Waals surface area contributed by atoms with Crippen molar-refractivity contribution in [1.29, 1.82) is 0 Å². The quantitative estimate of drug-likeness (QED) is 0.780. The van der Waals surface area contributed by atoms with E-state index in [-0.39, 0.29) is 5.91 Å². The number of benzene rings is 1. The van der Waals surface area contributed by atoms with Gasteiger partial charge >= 0.3 is 0 Å². The molecule has 21 heavy (non-hydrogen) atoms. The molecule has 0 aliphatic heterocycles. The number of anilines is 1. The van der Waals surface area contributed by atoms with Crippen molar-refractivity contribution in [3.63, 3.8) is 0 Å². The van der Waals surface area contributed by atoms with E-state index in [1.54, 1.807) is 6.07 Å². The van der Waals surface area contributed by atoms with Gasteiger partial charge in [-0.2, -0.15) is 0 Å². The molecule has 1 aromatic carbocycles. The maximum Gasteiger partial charge on any atom is 0.259 e. The molecule has 0 spiro atoms. The van der Waals surface area contributed by atoms with Gasteiger partial charge in [-0.15, -0.1) is 0 Å². The molecule has 106 valence electrons. The van der Waals surface area contributed by atoms with Gasteiger partial charge in [0.2, 0.25) is 0 Å². The first-order valence-electron chi connectivity index (χ1n) is 6.88. The van der Waals surface area contributed by atoms with Crippen molar-refractivity contribution in [2.75, 3.05) is 5.32 Å². The zero-order chi connectivity index (χ0) is 15.0. The zero-order valence-corrected chi connectivity index (χ0v) is 12.3. The Labute approximate surface area is 123 Å². The van der Waals surface area contributed by atoms with Crippen molar-refractivity contribution in [2.24, 2.45) is 0 Å². The summed E-state index contributed by atoms with van der Waals surface area (Å²) in [7, 11) is 0. The second-order valence-electron chi connectivity index (χ2n) is 5.28. The van der Waals surface area contributed by atoms with Crippen molar-refractivity contribution in [3.05, 3.63) is 65.1 Å². The van der Waals surface area contributed by atoms with Gasteiger partial charge in [0, 0.05) is 23.3 Å². The Kier molecular flexibility index (Phi) is 3.22. The van der Waals surface area contributed by atoms with Gasteiger partial charge in [0.05, 0.1) is 5.56 Å². The summed E-state index contributed by atoms with van der Waals surface area (Å²) in [6.07, 6.45) is 1.88. The first kappa shape index (κ1) is 13.4. The molecule has 0 fully saturated rings. The number of aromatic nitrogens is 2. The minimum absolute atomic E-state index is 0.140. The third-order valence-electron chi connectivity index (χ3n) is 3.49. The highest BCUT2D eigenvalue weighted by Gasteiger charge is 2.14. The second-order valence-corrected chi connectivity index (χ2v) is 5.28. The Morgan fingerprint density at radius 2 is 1.81 bits per heavy atom. The van der Waals surface area contributed by atoms with Crippen LogP contribution in [0.3, 0.4) is 0 Å². The standard InChI is InChI=1S/C17H17N3O/c1-11-4-6-14(7-5-11)19-17(21)15-8-9-20-13(3)10-12(2)18-16(15)20/h4-10H,1-3H3,(H,19,21). The normalized spacial score (nSPS) is 10.8. The molecule has 2 aromatic heterocycles. The molecule has 0 saturated carbocycles. The molecule has 0 aliphatic rings. The number of carbonyl (C=O) groups is 1. The molecule has 4 heteroatoms. The van der Waals surface area contributed by atoms with Crippen LogP contribution in [0.15, 0.2) is 42.6 Å². The lowest BCUT2D eigenvalue weighted by atomic mass is 10.2. The average molecular weight is 279 g/mol. The summed E-state index contributed by atoms with van der Waals surface area (Å²) in [4.78, 5) is 16.9. The van der Waals surface area contributed by atoms with E-state index >= 15 is 0 Å². The molecule has 0 saturated heterocycles. The van der Waals surface area contributed by atoms with Crippen LogP contribution in [0.5, 0.6) is 0 Å². The van der Waals surface area contributed by atoms with Gasteiger partial charge in [0.25, 0.3) is 5.91 Å². The number of rotatable bonds is 2. The van der Waals surface area contributed by atoms with Crippen LogP contribution in [0.25, 0.3) is 5.65 Å². The molecule has 0 aliphatic carbocycles. The zero-order valence-electron chi connectivity index (χ0n) is 12.3. The lowest BCUT2D eigenvalue weighted by Gasteiger charge is -2.06. The van der Waals surface area contributed by atoms with Gasteiger partial charge in [-0.3, -0.25) is 4.79 Å². The fourth-order valence-corrected chi connectivity index (χ4v) is 2.41. The van der Waals surface area contributed by atoms with Crippen molar-refractivity contribution in [1.82, 2.24) is 9.38 Å². The lowest BCUT2D eigenvalue weighted by molar-refractivity contribution is 0.102. The van der Waals surface area contributed by atoms with Crippen LogP contribution in [0.4, 0.5) is 5.69 Å². The molecule has 3 rings (SSSR count). The molecular weight excluding hydrogens is 262 g/mol. The molecule has 4 nitrogen and oxygen atoms in total. The van der Waals surface area contributed by atoms with Crippen LogP contribution < -0.4 is 5.32 Å². The molecule has 1 amide bonds. The molecule has 3 aromatic rings. The Hall–Kier alpha value is -2.62. The van der Waals surface area contributed by atoms with Crippen molar-refractivity contribution < 1.29 is 4.79 Å². The number of hydrogen-bond acceptors (Lipinski definition) is 2. The monoisotopic (exact) mass is 279 g/mol. The second kappa shape index (κ2) is 5.05. The Morgan fingerprint density at radius 3 is 2.52 bits per heavy atom. The Bertz CT molecular complexity index is 816. The van der Waals surface area contributed by atoms with Gasteiger partial charge in [0.1, 0.15) is 5.65 Å². The van der Waals surface area contributed by atoms with Crippen LogP contribution in [-0.2, 0) is 0 Å². The summed E-state index contributed by atoms with van der Waals surface area (Å²) in [6.45, 7) is 5.95. The summed E-state index contributed by atoms with van der Waals surface area (Å²) >= 11 is 0. The fourth-order valence-electron chi connectivity index (χ4n) is 2.41. The minimum Gasteiger partial charge on any atom is -0.322 e. The van der Waals surface area contributed by atoms with Gasteiger partial charge in [0.15, 0.2) is 0 Å². The largest absolute Gasteiger partial charge is 0.322 e. The summed E-state index contributed by atoms with van der Waals surface area (Å²) in [5.74, 6) is -0.140.